The van der Waals surface area contributed by atoms with Crippen molar-refractivity contribution in [2.24, 2.45) is 0 Å². The molecule has 1 atom stereocenters. The Kier molecular flexibility index (Phi) is 7.83. The van der Waals surface area contributed by atoms with E-state index in [2.05, 4.69) is 15.2 Å². The Hall–Kier alpha value is -2.19. The lowest BCUT2D eigenvalue weighted by molar-refractivity contribution is -0.120. The van der Waals surface area contributed by atoms with Crippen LogP contribution in [0, 0.1) is 0 Å². The van der Waals surface area contributed by atoms with Crippen LogP contribution < -0.4 is 5.32 Å². The van der Waals surface area contributed by atoms with Crippen molar-refractivity contribution in [3.63, 3.8) is 0 Å². The molecule has 8 heteroatoms. The number of pyridine rings is 1. The van der Waals surface area contributed by atoms with E-state index in [1.54, 1.807) is 31.4 Å². The standard InChI is InChI=1S/C21H33N5O3/c1-24(2)21(28)25-10-5-19(16-25)26(18-6-12-29-13-7-18)11-9-23-20(27)14-17-4-3-8-22-15-17/h3-4,8,15,18-19H,5-7,9-14,16H2,1-2H3,(H,23,27). The van der Waals surface area contributed by atoms with Crippen LogP contribution in [0.15, 0.2) is 24.5 Å². The maximum absolute atomic E-state index is 12.3. The van der Waals surface area contributed by atoms with Crippen LogP contribution in [0.4, 0.5) is 4.79 Å². The number of amides is 3. The lowest BCUT2D eigenvalue weighted by atomic mass is 10.0. The van der Waals surface area contributed by atoms with Crippen molar-refractivity contribution in [3.8, 4) is 0 Å². The molecule has 2 aliphatic rings. The first kappa shape index (κ1) is 21.5. The topological polar surface area (TPSA) is 78.0 Å². The zero-order chi connectivity index (χ0) is 20.6. The predicted octanol–water partition coefficient (Wildman–Crippen LogP) is 0.977. The van der Waals surface area contributed by atoms with Crippen LogP contribution in [0.5, 0.6) is 0 Å². The summed E-state index contributed by atoms with van der Waals surface area (Å²) in [5.74, 6) is 0.0146. The van der Waals surface area contributed by atoms with E-state index in [1.807, 2.05) is 17.0 Å². The fraction of sp³-hybridized carbons (Fsp3) is 0.667. The third-order valence-electron chi connectivity index (χ3n) is 5.72. The van der Waals surface area contributed by atoms with Gasteiger partial charge in [-0.05, 0) is 30.9 Å². The van der Waals surface area contributed by atoms with Gasteiger partial charge in [0.25, 0.3) is 0 Å². The quantitative estimate of drug-likeness (QED) is 0.734. The van der Waals surface area contributed by atoms with Crippen LogP contribution in [-0.4, -0.2) is 97.2 Å². The minimum Gasteiger partial charge on any atom is -0.381 e. The average molecular weight is 404 g/mol. The van der Waals surface area contributed by atoms with Gasteiger partial charge in [0.2, 0.25) is 5.91 Å². The molecule has 2 aliphatic heterocycles. The highest BCUT2D eigenvalue weighted by Crippen LogP contribution is 2.23. The molecule has 1 N–H and O–H groups in total. The summed E-state index contributed by atoms with van der Waals surface area (Å²) in [5.41, 5.74) is 0.917. The van der Waals surface area contributed by atoms with Gasteiger partial charge >= 0.3 is 6.03 Å². The summed E-state index contributed by atoms with van der Waals surface area (Å²) >= 11 is 0. The van der Waals surface area contributed by atoms with Gasteiger partial charge in [-0.25, -0.2) is 4.79 Å². The molecule has 8 nitrogen and oxygen atoms in total. The first-order valence-electron chi connectivity index (χ1n) is 10.5. The number of hydrogen-bond donors (Lipinski definition) is 1. The summed E-state index contributed by atoms with van der Waals surface area (Å²) in [6.45, 7) is 4.49. The van der Waals surface area contributed by atoms with Crippen LogP contribution in [0.25, 0.3) is 0 Å². The fourth-order valence-corrected chi connectivity index (χ4v) is 4.22. The number of likely N-dealkylation sites (tertiary alicyclic amines) is 1. The Balaban J connectivity index is 1.53. The Bertz CT molecular complexity index is 664. The van der Waals surface area contributed by atoms with Crippen LogP contribution in [0.1, 0.15) is 24.8 Å². The van der Waals surface area contributed by atoms with Crippen molar-refractivity contribution in [2.75, 3.05) is 53.5 Å². The summed E-state index contributed by atoms with van der Waals surface area (Å²) in [6.07, 6.45) is 6.76. The largest absolute Gasteiger partial charge is 0.381 e. The molecule has 0 radical (unpaired) electrons. The van der Waals surface area contributed by atoms with E-state index in [0.717, 1.165) is 57.7 Å². The van der Waals surface area contributed by atoms with Crippen LogP contribution in [0.3, 0.4) is 0 Å². The van der Waals surface area contributed by atoms with Gasteiger partial charge in [0.15, 0.2) is 0 Å². The molecule has 0 aromatic carbocycles. The van der Waals surface area contributed by atoms with E-state index in [4.69, 9.17) is 4.74 Å². The molecule has 3 amide bonds. The summed E-state index contributed by atoms with van der Waals surface area (Å²) in [7, 11) is 3.59. The van der Waals surface area contributed by atoms with Crippen LogP contribution >= 0.6 is 0 Å². The van der Waals surface area contributed by atoms with Crippen molar-refractivity contribution in [2.45, 2.75) is 37.8 Å². The van der Waals surface area contributed by atoms with Gasteiger partial charge in [-0.2, -0.15) is 0 Å². The van der Waals surface area contributed by atoms with Crippen molar-refractivity contribution >= 4 is 11.9 Å². The van der Waals surface area contributed by atoms with Crippen molar-refractivity contribution in [1.82, 2.24) is 25.0 Å². The van der Waals surface area contributed by atoms with Crippen LogP contribution in [0.2, 0.25) is 0 Å². The van der Waals surface area contributed by atoms with E-state index < -0.39 is 0 Å². The summed E-state index contributed by atoms with van der Waals surface area (Å²) in [4.78, 5) is 34.7. The SMILES string of the molecule is CN(C)C(=O)N1CCC(N(CCNC(=O)Cc2cccnc2)C2CCOCC2)C1. The fourth-order valence-electron chi connectivity index (χ4n) is 4.22. The lowest BCUT2D eigenvalue weighted by Gasteiger charge is -2.38. The number of aromatic nitrogens is 1. The Morgan fingerprint density at radius 2 is 2.03 bits per heavy atom. The molecular formula is C21H33N5O3. The summed E-state index contributed by atoms with van der Waals surface area (Å²) in [5, 5.41) is 3.05. The predicted molar refractivity (Wildman–Crippen MR) is 111 cm³/mol. The van der Waals surface area contributed by atoms with E-state index in [0.29, 0.717) is 25.0 Å². The number of nitrogens with zero attached hydrogens (tertiary/aromatic N) is 4. The molecule has 29 heavy (non-hydrogen) atoms. The van der Waals surface area contributed by atoms with E-state index in [9.17, 15) is 9.59 Å². The Morgan fingerprint density at radius 3 is 2.72 bits per heavy atom. The molecule has 1 aromatic heterocycles. The molecule has 0 saturated carbocycles. The van der Waals surface area contributed by atoms with Gasteiger partial charge < -0.3 is 19.9 Å². The number of hydrogen-bond acceptors (Lipinski definition) is 5. The maximum Gasteiger partial charge on any atom is 0.319 e. The average Bonchev–Trinajstić information content (AvgIpc) is 3.21. The number of urea groups is 1. The second kappa shape index (κ2) is 10.5. The normalized spacial score (nSPS) is 20.1. The van der Waals surface area contributed by atoms with Gasteiger partial charge in [0.1, 0.15) is 0 Å². The first-order chi connectivity index (χ1) is 14.0. The molecule has 2 saturated heterocycles. The molecule has 0 aliphatic carbocycles. The van der Waals surface area contributed by atoms with Gasteiger partial charge in [-0.1, -0.05) is 6.07 Å². The van der Waals surface area contributed by atoms with Crippen molar-refractivity contribution in [3.05, 3.63) is 30.1 Å². The molecule has 1 aromatic rings. The molecule has 3 heterocycles. The van der Waals surface area contributed by atoms with Gasteiger partial charge in [-0.15, -0.1) is 0 Å². The monoisotopic (exact) mass is 403 g/mol. The zero-order valence-corrected chi connectivity index (χ0v) is 17.5. The second-order valence-corrected chi connectivity index (χ2v) is 8.03. The van der Waals surface area contributed by atoms with Crippen molar-refractivity contribution < 1.29 is 14.3 Å². The minimum atomic E-state index is 0.0146. The second-order valence-electron chi connectivity index (χ2n) is 8.03. The first-order valence-corrected chi connectivity index (χ1v) is 10.5. The number of carbonyl (C=O) groups excluding carboxylic acids is 2. The zero-order valence-electron chi connectivity index (χ0n) is 17.5. The van der Waals surface area contributed by atoms with E-state index >= 15 is 0 Å². The Morgan fingerprint density at radius 1 is 1.24 bits per heavy atom. The van der Waals surface area contributed by atoms with E-state index in [-0.39, 0.29) is 11.9 Å². The molecule has 160 valence electrons. The molecule has 0 spiro atoms. The number of rotatable bonds is 7. The van der Waals surface area contributed by atoms with Crippen LogP contribution in [-0.2, 0) is 16.0 Å². The molecular weight excluding hydrogens is 370 g/mol. The minimum absolute atomic E-state index is 0.0146. The lowest BCUT2D eigenvalue weighted by Crippen LogP contribution is -2.50. The molecule has 2 fully saturated rings. The Labute approximate surface area is 173 Å². The highest BCUT2D eigenvalue weighted by atomic mass is 16.5. The number of nitrogens with one attached hydrogen (secondary N) is 1. The molecule has 1 unspecified atom stereocenters. The smallest absolute Gasteiger partial charge is 0.319 e. The number of carbonyl (C=O) groups is 2. The summed E-state index contributed by atoms with van der Waals surface area (Å²) in [6, 6.07) is 4.60. The third-order valence-corrected chi connectivity index (χ3v) is 5.72. The van der Waals surface area contributed by atoms with Crippen molar-refractivity contribution in [1.29, 1.82) is 0 Å². The van der Waals surface area contributed by atoms with E-state index in [1.165, 1.54) is 0 Å². The highest BCUT2D eigenvalue weighted by Gasteiger charge is 2.34. The summed E-state index contributed by atoms with van der Waals surface area (Å²) < 4.78 is 5.54. The number of ether oxygens (including phenoxy) is 1. The maximum atomic E-state index is 12.3. The third kappa shape index (κ3) is 6.14. The van der Waals surface area contributed by atoms with Gasteiger partial charge in [0.05, 0.1) is 6.42 Å². The molecule has 3 rings (SSSR count). The van der Waals surface area contributed by atoms with Gasteiger partial charge in [-0.3, -0.25) is 14.7 Å². The molecule has 0 bridgehead atoms. The highest BCUT2D eigenvalue weighted by molar-refractivity contribution is 5.78. The van der Waals surface area contributed by atoms with Gasteiger partial charge in [0, 0.05) is 78.0 Å².